The van der Waals surface area contributed by atoms with Gasteiger partial charge in [0.2, 0.25) is 0 Å². The molecule has 0 saturated carbocycles. The molecule has 0 aliphatic carbocycles. The Bertz CT molecular complexity index is 294. The number of rotatable bonds is 6. The molecule has 0 spiro atoms. The van der Waals surface area contributed by atoms with Gasteiger partial charge in [-0.1, -0.05) is 32.4 Å². The van der Waals surface area contributed by atoms with E-state index in [-0.39, 0.29) is 12.1 Å². The van der Waals surface area contributed by atoms with Gasteiger partial charge in [-0.3, -0.25) is 0 Å². The first-order chi connectivity index (χ1) is 7.67. The van der Waals surface area contributed by atoms with E-state index >= 15 is 0 Å². The van der Waals surface area contributed by atoms with Crippen LogP contribution in [0.15, 0.2) is 24.3 Å². The molecule has 1 aromatic rings. The molecule has 0 aliphatic rings. The molecule has 2 heteroatoms. The van der Waals surface area contributed by atoms with Crippen molar-refractivity contribution in [3.8, 4) is 5.75 Å². The standard InChI is InChI=1S/C14H23NO/c1-4-6-12-7-9-13(10-8-12)16-11(3)14(15)5-2/h7-11,14H,4-6,15H2,1-3H3. The van der Waals surface area contributed by atoms with Crippen LogP contribution in [0.4, 0.5) is 0 Å². The molecule has 16 heavy (non-hydrogen) atoms. The number of ether oxygens (including phenoxy) is 1. The summed E-state index contributed by atoms with van der Waals surface area (Å²) in [6.45, 7) is 6.29. The second-order valence-corrected chi connectivity index (χ2v) is 4.29. The van der Waals surface area contributed by atoms with E-state index in [1.165, 1.54) is 12.0 Å². The largest absolute Gasteiger partial charge is 0.489 e. The van der Waals surface area contributed by atoms with Gasteiger partial charge in [-0.2, -0.15) is 0 Å². The summed E-state index contributed by atoms with van der Waals surface area (Å²) in [5.74, 6) is 0.913. The van der Waals surface area contributed by atoms with Crippen LogP contribution in [0.1, 0.15) is 39.2 Å². The van der Waals surface area contributed by atoms with Gasteiger partial charge in [0.15, 0.2) is 0 Å². The molecule has 0 fully saturated rings. The molecule has 0 saturated heterocycles. The molecule has 0 aromatic heterocycles. The van der Waals surface area contributed by atoms with Gasteiger partial charge in [-0.05, 0) is 37.5 Å². The van der Waals surface area contributed by atoms with Crippen molar-refractivity contribution in [1.29, 1.82) is 0 Å². The Hall–Kier alpha value is -1.02. The third-order valence-corrected chi connectivity index (χ3v) is 2.86. The van der Waals surface area contributed by atoms with Crippen LogP contribution in [0.25, 0.3) is 0 Å². The maximum absolute atomic E-state index is 5.92. The Balaban J connectivity index is 2.54. The van der Waals surface area contributed by atoms with E-state index in [0.29, 0.717) is 0 Å². The summed E-state index contributed by atoms with van der Waals surface area (Å²) in [5, 5.41) is 0. The quantitative estimate of drug-likeness (QED) is 0.801. The predicted molar refractivity (Wildman–Crippen MR) is 68.8 cm³/mol. The molecule has 90 valence electrons. The molecule has 1 rings (SSSR count). The van der Waals surface area contributed by atoms with Crippen LogP contribution in [0.3, 0.4) is 0 Å². The molecule has 0 radical (unpaired) electrons. The highest BCUT2D eigenvalue weighted by Gasteiger charge is 2.11. The number of hydrogen-bond donors (Lipinski definition) is 1. The third kappa shape index (κ3) is 3.86. The molecule has 2 unspecified atom stereocenters. The zero-order valence-corrected chi connectivity index (χ0v) is 10.6. The molecule has 1 aromatic carbocycles. The Morgan fingerprint density at radius 1 is 1.19 bits per heavy atom. The SMILES string of the molecule is CCCc1ccc(OC(C)C(N)CC)cc1. The Labute approximate surface area is 98.8 Å². The maximum Gasteiger partial charge on any atom is 0.119 e. The lowest BCUT2D eigenvalue weighted by atomic mass is 10.1. The van der Waals surface area contributed by atoms with Crippen molar-refractivity contribution in [3.05, 3.63) is 29.8 Å². The van der Waals surface area contributed by atoms with Crippen molar-refractivity contribution < 1.29 is 4.74 Å². The zero-order chi connectivity index (χ0) is 12.0. The van der Waals surface area contributed by atoms with E-state index in [1.54, 1.807) is 0 Å². The summed E-state index contributed by atoms with van der Waals surface area (Å²) >= 11 is 0. The van der Waals surface area contributed by atoms with E-state index in [0.717, 1.165) is 18.6 Å². The van der Waals surface area contributed by atoms with E-state index in [9.17, 15) is 0 Å². The highest BCUT2D eigenvalue weighted by molar-refractivity contribution is 5.27. The number of nitrogens with two attached hydrogens (primary N) is 1. The molecule has 0 heterocycles. The molecular formula is C14H23NO. The average molecular weight is 221 g/mol. The van der Waals surface area contributed by atoms with Gasteiger partial charge in [-0.15, -0.1) is 0 Å². The first kappa shape index (κ1) is 13.0. The molecule has 0 aliphatic heterocycles. The maximum atomic E-state index is 5.92. The first-order valence-corrected chi connectivity index (χ1v) is 6.18. The van der Waals surface area contributed by atoms with Crippen molar-refractivity contribution in [2.75, 3.05) is 0 Å². The van der Waals surface area contributed by atoms with Crippen LogP contribution in [0.5, 0.6) is 5.75 Å². The van der Waals surface area contributed by atoms with E-state index in [1.807, 2.05) is 19.1 Å². The topological polar surface area (TPSA) is 35.2 Å². The lowest BCUT2D eigenvalue weighted by molar-refractivity contribution is 0.187. The number of hydrogen-bond acceptors (Lipinski definition) is 2. The monoisotopic (exact) mass is 221 g/mol. The minimum absolute atomic E-state index is 0.0713. The smallest absolute Gasteiger partial charge is 0.119 e. The van der Waals surface area contributed by atoms with Gasteiger partial charge in [0.05, 0.1) is 0 Å². The normalized spacial score (nSPS) is 14.5. The van der Waals surface area contributed by atoms with E-state index < -0.39 is 0 Å². The van der Waals surface area contributed by atoms with Crippen LogP contribution >= 0.6 is 0 Å². The fourth-order valence-corrected chi connectivity index (χ4v) is 1.66. The van der Waals surface area contributed by atoms with Crippen LogP contribution in [0.2, 0.25) is 0 Å². The van der Waals surface area contributed by atoms with Crippen molar-refractivity contribution in [3.63, 3.8) is 0 Å². The lowest BCUT2D eigenvalue weighted by Crippen LogP contribution is -2.35. The number of aryl methyl sites for hydroxylation is 1. The van der Waals surface area contributed by atoms with E-state index in [2.05, 4.69) is 26.0 Å². The Kier molecular flexibility index (Phi) is 5.33. The van der Waals surface area contributed by atoms with Crippen LogP contribution in [-0.2, 0) is 6.42 Å². The summed E-state index contributed by atoms with van der Waals surface area (Å²) in [7, 11) is 0. The lowest BCUT2D eigenvalue weighted by Gasteiger charge is -2.20. The van der Waals surface area contributed by atoms with Crippen molar-refractivity contribution in [2.45, 2.75) is 52.2 Å². The van der Waals surface area contributed by atoms with Crippen molar-refractivity contribution >= 4 is 0 Å². The molecular weight excluding hydrogens is 198 g/mol. The first-order valence-electron chi connectivity index (χ1n) is 6.18. The third-order valence-electron chi connectivity index (χ3n) is 2.86. The summed E-state index contributed by atoms with van der Waals surface area (Å²) in [6.07, 6.45) is 3.32. The van der Waals surface area contributed by atoms with Gasteiger partial charge >= 0.3 is 0 Å². The Morgan fingerprint density at radius 2 is 1.81 bits per heavy atom. The average Bonchev–Trinajstić information content (AvgIpc) is 2.31. The van der Waals surface area contributed by atoms with Crippen LogP contribution in [0, 0.1) is 0 Å². The zero-order valence-electron chi connectivity index (χ0n) is 10.6. The molecule has 2 N–H and O–H groups in total. The molecule has 0 amide bonds. The highest BCUT2D eigenvalue weighted by atomic mass is 16.5. The van der Waals surface area contributed by atoms with Crippen LogP contribution < -0.4 is 10.5 Å². The van der Waals surface area contributed by atoms with Crippen molar-refractivity contribution in [2.24, 2.45) is 5.73 Å². The van der Waals surface area contributed by atoms with Crippen molar-refractivity contribution in [1.82, 2.24) is 0 Å². The second kappa shape index (κ2) is 6.54. The van der Waals surface area contributed by atoms with Crippen LogP contribution in [-0.4, -0.2) is 12.1 Å². The minimum Gasteiger partial charge on any atom is -0.489 e. The number of benzene rings is 1. The van der Waals surface area contributed by atoms with Gasteiger partial charge in [-0.25, -0.2) is 0 Å². The second-order valence-electron chi connectivity index (χ2n) is 4.29. The molecule has 2 atom stereocenters. The fourth-order valence-electron chi connectivity index (χ4n) is 1.66. The fraction of sp³-hybridized carbons (Fsp3) is 0.571. The summed E-state index contributed by atoms with van der Waals surface area (Å²) in [4.78, 5) is 0. The molecule has 0 bridgehead atoms. The van der Waals surface area contributed by atoms with Gasteiger partial charge in [0, 0.05) is 6.04 Å². The summed E-state index contributed by atoms with van der Waals surface area (Å²) in [5.41, 5.74) is 7.28. The molecule has 2 nitrogen and oxygen atoms in total. The van der Waals surface area contributed by atoms with Gasteiger partial charge in [0.25, 0.3) is 0 Å². The van der Waals surface area contributed by atoms with E-state index in [4.69, 9.17) is 10.5 Å². The minimum atomic E-state index is 0.0713. The van der Waals surface area contributed by atoms with Gasteiger partial charge in [0.1, 0.15) is 11.9 Å². The summed E-state index contributed by atoms with van der Waals surface area (Å²) < 4.78 is 5.78. The highest BCUT2D eigenvalue weighted by Crippen LogP contribution is 2.16. The summed E-state index contributed by atoms with van der Waals surface area (Å²) in [6, 6.07) is 8.43. The van der Waals surface area contributed by atoms with Gasteiger partial charge < -0.3 is 10.5 Å². The predicted octanol–water partition coefficient (Wildman–Crippen LogP) is 3.14. The Morgan fingerprint density at radius 3 is 2.31 bits per heavy atom.